The van der Waals surface area contributed by atoms with E-state index in [1.807, 2.05) is 0 Å². The zero-order valence-electron chi connectivity index (χ0n) is 16.6. The van der Waals surface area contributed by atoms with Crippen LogP contribution in [-0.4, -0.2) is 71.3 Å². The molecular weight excluding hydrogens is 556 g/mol. The summed E-state index contributed by atoms with van der Waals surface area (Å²) in [5, 5.41) is 43.1. The first-order valence-corrected chi connectivity index (χ1v) is 7.12. The summed E-state index contributed by atoms with van der Waals surface area (Å²) in [5.41, 5.74) is 10.3. The Morgan fingerprint density at radius 1 is 0.679 bits per heavy atom. The maximum absolute atomic E-state index is 9.00. The Morgan fingerprint density at radius 2 is 0.786 bits per heavy atom. The first-order chi connectivity index (χ1) is 12.1. The third-order valence-electron chi connectivity index (χ3n) is 0.642. The fourth-order valence-corrected chi connectivity index (χ4v) is 0.329. The molecule has 0 aromatic carbocycles. The van der Waals surface area contributed by atoms with Gasteiger partial charge in [-0.3, -0.25) is 14.4 Å². The molecule has 0 aliphatic carbocycles. The third kappa shape index (κ3) is 3500. The third-order valence-corrected chi connectivity index (χ3v) is 0.642. The largest absolute Gasteiger partial charge is 2.00 e. The Balaban J connectivity index is -0.0000000382. The minimum absolute atomic E-state index is 0. The Hall–Kier alpha value is -2.11. The molecule has 0 saturated carbocycles. The normalized spacial score (nSPS) is 6.82. The van der Waals surface area contributed by atoms with Gasteiger partial charge in [-0.2, -0.15) is 0 Å². The minimum atomic E-state index is -1.08. The molecule has 0 rings (SSSR count). The van der Waals surface area contributed by atoms with Gasteiger partial charge in [0, 0.05) is 58.9 Å². The standard InChI is InChI=1S/C4H13N3.5C2H4O2.Re/c5-1-3-7-4-2-6;5*1-2(3)4;/h7H,1-6H2;5*1H3,(H,3,4);/q;;;;;;+2/p-2. The molecule has 1 radical (unpaired) electrons. The average molecular weight is 588 g/mol. The number of hydrogen-bond donors (Lipinski definition) is 6. The Bertz CT molecular complexity index is 289. The number of carbonyl (C=O) groups excluding carboxylic acids is 2. The van der Waals surface area contributed by atoms with Gasteiger partial charge in [-0.15, -0.1) is 0 Å². The predicted octanol–water partition coefficient (Wildman–Crippen LogP) is -3.72. The number of carbonyl (C=O) groups is 5. The molecule has 0 amide bonds. The molecule has 14 heteroatoms. The molecular formula is C14H31N3O10Re. The van der Waals surface area contributed by atoms with Crippen LogP contribution in [0.2, 0.25) is 0 Å². The van der Waals surface area contributed by atoms with Crippen LogP contribution in [0.3, 0.4) is 0 Å². The molecule has 0 aromatic heterocycles. The van der Waals surface area contributed by atoms with E-state index in [-0.39, 0.29) is 20.4 Å². The molecule has 0 aliphatic heterocycles. The van der Waals surface area contributed by atoms with E-state index in [9.17, 15) is 0 Å². The van der Waals surface area contributed by atoms with E-state index in [0.717, 1.165) is 47.7 Å². The molecule has 0 heterocycles. The molecule has 13 nitrogen and oxygen atoms in total. The quantitative estimate of drug-likeness (QED) is 0.173. The fourth-order valence-electron chi connectivity index (χ4n) is 0.329. The van der Waals surface area contributed by atoms with E-state index in [2.05, 4.69) is 5.32 Å². The van der Waals surface area contributed by atoms with Crippen LogP contribution in [0.1, 0.15) is 34.6 Å². The van der Waals surface area contributed by atoms with Crippen LogP contribution < -0.4 is 27.0 Å². The zero-order chi connectivity index (χ0) is 23.4. The van der Waals surface area contributed by atoms with Crippen LogP contribution in [0.25, 0.3) is 0 Å². The van der Waals surface area contributed by atoms with Crippen molar-refractivity contribution in [2.75, 3.05) is 26.2 Å². The number of carboxylic acid groups (broad SMARTS) is 5. The summed E-state index contributed by atoms with van der Waals surface area (Å²) in [5.74, 6) is -4.67. The number of aliphatic carboxylic acids is 5. The van der Waals surface area contributed by atoms with Crippen molar-refractivity contribution in [3.63, 3.8) is 0 Å². The Kier molecular flexibility index (Phi) is 71.3. The maximum Gasteiger partial charge on any atom is 2.00 e. The molecule has 0 fully saturated rings. The molecule has 8 N–H and O–H groups in total. The van der Waals surface area contributed by atoms with E-state index in [1.165, 1.54) is 0 Å². The van der Waals surface area contributed by atoms with Crippen LogP contribution in [0.5, 0.6) is 0 Å². The van der Waals surface area contributed by atoms with Crippen LogP contribution in [0.15, 0.2) is 0 Å². The van der Waals surface area contributed by atoms with Crippen molar-refractivity contribution in [1.29, 1.82) is 0 Å². The summed E-state index contributed by atoms with van der Waals surface area (Å²) in [6, 6.07) is 0. The van der Waals surface area contributed by atoms with Crippen molar-refractivity contribution in [3.05, 3.63) is 0 Å². The fraction of sp³-hybridized carbons (Fsp3) is 0.643. The summed E-state index contributed by atoms with van der Waals surface area (Å²) in [6.07, 6.45) is 0. The molecule has 0 spiro atoms. The monoisotopic (exact) mass is 588 g/mol. The second-order valence-electron chi connectivity index (χ2n) is 3.87. The van der Waals surface area contributed by atoms with Gasteiger partial charge < -0.3 is 51.9 Å². The van der Waals surface area contributed by atoms with Crippen molar-refractivity contribution >= 4 is 29.8 Å². The molecule has 0 bridgehead atoms. The molecule has 28 heavy (non-hydrogen) atoms. The van der Waals surface area contributed by atoms with Crippen molar-refractivity contribution < 1.29 is 69.9 Å². The Labute approximate surface area is 177 Å². The van der Waals surface area contributed by atoms with Gasteiger partial charge in [0.2, 0.25) is 0 Å². The van der Waals surface area contributed by atoms with E-state index in [4.69, 9.17) is 61.0 Å². The number of hydrogen-bond acceptors (Lipinski definition) is 10. The van der Waals surface area contributed by atoms with Gasteiger partial charge >= 0.3 is 20.4 Å². The SMILES string of the molecule is CC(=O)O.CC(=O)O.CC(=O)O.CC(=O)[O-].CC(=O)[O-].NCCNCCN.[Re+2]. The average Bonchev–Trinajstić information content (AvgIpc) is 2.35. The molecule has 0 atom stereocenters. The first kappa shape index (κ1) is 45.0. The first-order valence-electron chi connectivity index (χ1n) is 7.12. The van der Waals surface area contributed by atoms with Crippen LogP contribution in [0, 0.1) is 0 Å². The van der Waals surface area contributed by atoms with E-state index in [1.54, 1.807) is 0 Å². The summed E-state index contributed by atoms with van der Waals surface area (Å²) in [4.78, 5) is 44.8. The van der Waals surface area contributed by atoms with Crippen molar-refractivity contribution in [2.45, 2.75) is 34.6 Å². The second kappa shape index (κ2) is 44.4. The summed E-state index contributed by atoms with van der Waals surface area (Å²) in [7, 11) is 0. The Morgan fingerprint density at radius 3 is 0.857 bits per heavy atom. The second-order valence-corrected chi connectivity index (χ2v) is 3.87. The van der Waals surface area contributed by atoms with E-state index < -0.39 is 29.8 Å². The number of rotatable bonds is 4. The topological polar surface area (TPSA) is 256 Å². The van der Waals surface area contributed by atoms with E-state index >= 15 is 0 Å². The smallest absolute Gasteiger partial charge is 0.550 e. The summed E-state index contributed by atoms with van der Waals surface area (Å²) in [6.45, 7) is 8.33. The van der Waals surface area contributed by atoms with Gasteiger partial charge in [-0.25, -0.2) is 0 Å². The van der Waals surface area contributed by atoms with Crippen LogP contribution >= 0.6 is 0 Å². The minimum Gasteiger partial charge on any atom is -0.550 e. The van der Waals surface area contributed by atoms with Gasteiger partial charge in [0.05, 0.1) is 0 Å². The molecule has 0 aromatic rings. The zero-order valence-corrected chi connectivity index (χ0v) is 19.3. The molecule has 169 valence electrons. The van der Waals surface area contributed by atoms with Gasteiger partial charge in [0.1, 0.15) is 0 Å². The van der Waals surface area contributed by atoms with Gasteiger partial charge in [0.25, 0.3) is 17.9 Å². The number of carboxylic acids is 5. The van der Waals surface area contributed by atoms with Gasteiger partial charge in [-0.1, -0.05) is 0 Å². The van der Waals surface area contributed by atoms with Crippen molar-refractivity contribution in [3.8, 4) is 0 Å². The summed E-state index contributed by atoms with van der Waals surface area (Å²) < 4.78 is 0. The number of nitrogens with two attached hydrogens (primary N) is 2. The van der Waals surface area contributed by atoms with Gasteiger partial charge in [-0.05, 0) is 13.8 Å². The van der Waals surface area contributed by atoms with Crippen molar-refractivity contribution in [2.24, 2.45) is 11.5 Å². The van der Waals surface area contributed by atoms with Crippen LogP contribution in [0.4, 0.5) is 0 Å². The van der Waals surface area contributed by atoms with E-state index in [0.29, 0.717) is 13.1 Å². The van der Waals surface area contributed by atoms with Crippen molar-refractivity contribution in [1.82, 2.24) is 5.32 Å². The predicted molar refractivity (Wildman–Crippen MR) is 92.3 cm³/mol. The molecule has 0 aliphatic rings. The number of nitrogens with one attached hydrogen (secondary N) is 1. The molecule has 0 unspecified atom stereocenters. The molecule has 0 saturated heterocycles. The van der Waals surface area contributed by atoms with Gasteiger partial charge in [0.15, 0.2) is 0 Å². The maximum atomic E-state index is 9.00. The van der Waals surface area contributed by atoms with Crippen LogP contribution in [-0.2, 0) is 44.4 Å². The summed E-state index contributed by atoms with van der Waals surface area (Å²) >= 11 is 0.